The maximum absolute atomic E-state index is 14.2. The van der Waals surface area contributed by atoms with Gasteiger partial charge in [0.15, 0.2) is 16.5 Å². The summed E-state index contributed by atoms with van der Waals surface area (Å²) in [6, 6.07) is 3.54. The van der Waals surface area contributed by atoms with Gasteiger partial charge in [-0.3, -0.25) is 9.36 Å². The van der Waals surface area contributed by atoms with Crippen molar-refractivity contribution in [3.8, 4) is 11.6 Å². The van der Waals surface area contributed by atoms with Gasteiger partial charge in [0.2, 0.25) is 5.88 Å². The predicted molar refractivity (Wildman–Crippen MR) is 98.8 cm³/mol. The number of pyridine rings is 1. The van der Waals surface area contributed by atoms with Gasteiger partial charge >= 0.3 is 0 Å². The Kier molecular flexibility index (Phi) is 5.16. The Bertz CT molecular complexity index is 1300. The summed E-state index contributed by atoms with van der Waals surface area (Å²) < 4.78 is 62.1. The molecule has 3 aromatic heterocycles. The van der Waals surface area contributed by atoms with Crippen molar-refractivity contribution in [3.63, 3.8) is 0 Å². The van der Waals surface area contributed by atoms with Gasteiger partial charge < -0.3 is 4.74 Å². The lowest BCUT2D eigenvalue weighted by Gasteiger charge is -2.13. The highest BCUT2D eigenvalue weighted by Crippen LogP contribution is 2.27. The molecule has 0 aliphatic rings. The van der Waals surface area contributed by atoms with Crippen LogP contribution in [0.2, 0.25) is 0 Å². The molecule has 30 heavy (non-hydrogen) atoms. The first kappa shape index (κ1) is 19.9. The number of fused-ring (bicyclic) bond motifs is 1. The van der Waals surface area contributed by atoms with E-state index in [1.807, 2.05) is 0 Å². The molecule has 0 N–H and O–H groups in total. The van der Waals surface area contributed by atoms with Gasteiger partial charge in [-0.25, -0.2) is 22.5 Å². The van der Waals surface area contributed by atoms with Crippen molar-refractivity contribution in [1.82, 2.24) is 24.4 Å². The summed E-state index contributed by atoms with van der Waals surface area (Å²) in [5.41, 5.74) is -0.884. The molecule has 0 fully saturated rings. The standard InChI is InChI=1S/C18H11F4N5O2S/c1-29-16-14(22)6-10(7-23-16)26-17(28)15-2-3-24-27(15)25-18(26)30-8-11-12(20)4-9(19)5-13(11)21/h2-7H,8H2,1H3. The van der Waals surface area contributed by atoms with Crippen molar-refractivity contribution in [1.29, 1.82) is 0 Å². The van der Waals surface area contributed by atoms with Crippen LogP contribution in [0.5, 0.6) is 5.88 Å². The van der Waals surface area contributed by atoms with Gasteiger partial charge in [-0.05, 0) is 6.07 Å². The van der Waals surface area contributed by atoms with Crippen LogP contribution in [0.3, 0.4) is 0 Å². The molecule has 0 saturated carbocycles. The van der Waals surface area contributed by atoms with Crippen molar-refractivity contribution < 1.29 is 22.3 Å². The second kappa shape index (κ2) is 7.78. The fourth-order valence-electron chi connectivity index (χ4n) is 2.72. The zero-order valence-electron chi connectivity index (χ0n) is 15.1. The molecule has 0 amide bonds. The number of thioether (sulfide) groups is 1. The Morgan fingerprint density at radius 1 is 1.10 bits per heavy atom. The zero-order valence-corrected chi connectivity index (χ0v) is 16.0. The SMILES string of the molecule is COc1ncc(-n2c(SCc3c(F)cc(F)cc3F)nn3nccc3c2=O)cc1F. The molecular formula is C18H11F4N5O2S. The molecule has 0 radical (unpaired) electrons. The summed E-state index contributed by atoms with van der Waals surface area (Å²) in [5.74, 6) is -4.61. The molecule has 0 unspecified atom stereocenters. The summed E-state index contributed by atoms with van der Waals surface area (Å²) in [7, 11) is 1.24. The third-order valence-corrected chi connectivity index (χ3v) is 5.07. The minimum absolute atomic E-state index is 0.0250. The first-order valence-electron chi connectivity index (χ1n) is 8.32. The van der Waals surface area contributed by atoms with Crippen LogP contribution in [0.4, 0.5) is 17.6 Å². The second-order valence-electron chi connectivity index (χ2n) is 5.95. The number of benzene rings is 1. The van der Waals surface area contributed by atoms with E-state index < -0.39 is 34.4 Å². The molecular weight excluding hydrogens is 426 g/mol. The lowest BCUT2D eigenvalue weighted by Crippen LogP contribution is -2.25. The van der Waals surface area contributed by atoms with Crippen molar-refractivity contribution >= 4 is 17.3 Å². The Hall–Kier alpha value is -3.41. The van der Waals surface area contributed by atoms with Crippen LogP contribution in [0.15, 0.2) is 46.6 Å². The molecule has 154 valence electrons. The van der Waals surface area contributed by atoms with Gasteiger partial charge in [0.05, 0.1) is 25.2 Å². The number of rotatable bonds is 5. The van der Waals surface area contributed by atoms with E-state index in [9.17, 15) is 22.4 Å². The molecule has 1 aromatic carbocycles. The topological polar surface area (TPSA) is 74.3 Å². The van der Waals surface area contributed by atoms with E-state index in [-0.39, 0.29) is 28.0 Å². The molecule has 0 saturated heterocycles. The summed E-state index contributed by atoms with van der Waals surface area (Å²) >= 11 is 0.784. The minimum Gasteiger partial charge on any atom is -0.479 e. The summed E-state index contributed by atoms with van der Waals surface area (Å²) in [5, 5.41) is 8.02. The molecule has 4 aromatic rings. The number of hydrogen-bond donors (Lipinski definition) is 0. The van der Waals surface area contributed by atoms with Crippen LogP contribution in [0.25, 0.3) is 11.2 Å². The van der Waals surface area contributed by atoms with Gasteiger partial charge in [-0.1, -0.05) is 11.8 Å². The lowest BCUT2D eigenvalue weighted by molar-refractivity contribution is 0.368. The van der Waals surface area contributed by atoms with E-state index in [0.29, 0.717) is 12.1 Å². The summed E-state index contributed by atoms with van der Waals surface area (Å²) in [6.07, 6.45) is 2.54. The Labute approximate surface area is 169 Å². The molecule has 7 nitrogen and oxygen atoms in total. The normalized spacial score (nSPS) is 11.2. The van der Waals surface area contributed by atoms with Gasteiger partial charge in [0, 0.05) is 29.5 Å². The van der Waals surface area contributed by atoms with Gasteiger partial charge in [-0.2, -0.15) is 5.10 Å². The van der Waals surface area contributed by atoms with E-state index in [1.54, 1.807) is 0 Å². The number of halogens is 4. The van der Waals surface area contributed by atoms with Crippen molar-refractivity contribution in [2.24, 2.45) is 0 Å². The zero-order chi connectivity index (χ0) is 21.4. The van der Waals surface area contributed by atoms with Gasteiger partial charge in [-0.15, -0.1) is 9.73 Å². The van der Waals surface area contributed by atoms with Crippen LogP contribution in [-0.4, -0.2) is 31.5 Å². The molecule has 3 heterocycles. The first-order valence-corrected chi connectivity index (χ1v) is 9.31. The summed E-state index contributed by atoms with van der Waals surface area (Å²) in [4.78, 5) is 16.7. The molecule has 0 atom stereocenters. The number of hydrogen-bond acceptors (Lipinski definition) is 6. The smallest absolute Gasteiger partial charge is 0.285 e. The van der Waals surface area contributed by atoms with E-state index in [4.69, 9.17) is 4.74 Å². The molecule has 0 aliphatic heterocycles. The third kappa shape index (κ3) is 3.49. The van der Waals surface area contributed by atoms with E-state index in [2.05, 4.69) is 15.2 Å². The Morgan fingerprint density at radius 3 is 2.50 bits per heavy atom. The monoisotopic (exact) mass is 437 g/mol. The molecule has 4 rings (SSSR count). The van der Waals surface area contributed by atoms with Gasteiger partial charge in [0.1, 0.15) is 17.5 Å². The molecule has 0 aliphatic carbocycles. The van der Waals surface area contributed by atoms with E-state index in [0.717, 1.165) is 27.0 Å². The maximum atomic E-state index is 14.2. The van der Waals surface area contributed by atoms with Crippen molar-refractivity contribution in [2.45, 2.75) is 10.9 Å². The Morgan fingerprint density at radius 2 is 1.83 bits per heavy atom. The third-order valence-electron chi connectivity index (χ3n) is 4.11. The summed E-state index contributed by atoms with van der Waals surface area (Å²) in [6.45, 7) is 0. The van der Waals surface area contributed by atoms with Crippen LogP contribution in [0.1, 0.15) is 5.56 Å². The lowest BCUT2D eigenvalue weighted by atomic mass is 10.2. The highest BCUT2D eigenvalue weighted by atomic mass is 32.2. The number of ether oxygens (including phenoxy) is 1. The fourth-order valence-corrected chi connectivity index (χ4v) is 3.72. The average molecular weight is 437 g/mol. The van der Waals surface area contributed by atoms with E-state index >= 15 is 0 Å². The average Bonchev–Trinajstić information content (AvgIpc) is 3.16. The number of methoxy groups -OCH3 is 1. The predicted octanol–water partition coefficient (Wildman–Crippen LogP) is 3.13. The highest BCUT2D eigenvalue weighted by molar-refractivity contribution is 7.98. The Balaban J connectivity index is 1.82. The van der Waals surface area contributed by atoms with Crippen molar-refractivity contribution in [3.05, 3.63) is 75.8 Å². The fraction of sp³-hybridized carbons (Fsp3) is 0.111. The largest absolute Gasteiger partial charge is 0.479 e. The number of aromatic nitrogens is 5. The van der Waals surface area contributed by atoms with E-state index in [1.165, 1.54) is 25.6 Å². The van der Waals surface area contributed by atoms with Crippen molar-refractivity contribution in [2.75, 3.05) is 7.11 Å². The van der Waals surface area contributed by atoms with Crippen LogP contribution in [-0.2, 0) is 5.75 Å². The van der Waals surface area contributed by atoms with Crippen LogP contribution >= 0.6 is 11.8 Å². The molecule has 0 spiro atoms. The second-order valence-corrected chi connectivity index (χ2v) is 6.89. The maximum Gasteiger partial charge on any atom is 0.285 e. The van der Waals surface area contributed by atoms with Crippen LogP contribution < -0.4 is 10.3 Å². The quantitative estimate of drug-likeness (QED) is 0.353. The molecule has 12 heteroatoms. The first-order chi connectivity index (χ1) is 14.4. The minimum atomic E-state index is -1.08. The van der Waals surface area contributed by atoms with Gasteiger partial charge in [0.25, 0.3) is 5.56 Å². The molecule has 0 bridgehead atoms. The number of nitrogens with zero attached hydrogens (tertiary/aromatic N) is 5. The van der Waals surface area contributed by atoms with Crippen LogP contribution in [0, 0.1) is 23.3 Å². The highest BCUT2D eigenvalue weighted by Gasteiger charge is 2.19.